The second kappa shape index (κ2) is 15.2. The summed E-state index contributed by atoms with van der Waals surface area (Å²) in [6.07, 6.45) is 15.1. The summed E-state index contributed by atoms with van der Waals surface area (Å²) >= 11 is 0. The predicted octanol–water partition coefficient (Wildman–Crippen LogP) is 6.56. The zero-order chi connectivity index (χ0) is 28.7. The number of hydrogen-bond acceptors (Lipinski definition) is 5. The van der Waals surface area contributed by atoms with Gasteiger partial charge in [-0.15, -0.1) is 0 Å². The molecule has 1 unspecified atom stereocenters. The number of likely N-dealkylation sites (tertiary alicyclic amines) is 2. The molecule has 4 aliphatic rings. The number of methoxy groups -OCH3 is 1. The van der Waals surface area contributed by atoms with Gasteiger partial charge in [-0.2, -0.15) is 0 Å². The summed E-state index contributed by atoms with van der Waals surface area (Å²) in [5, 5.41) is 0. The lowest BCUT2D eigenvalue weighted by atomic mass is 9.72. The number of ether oxygens (including phenoxy) is 3. The van der Waals surface area contributed by atoms with E-state index in [9.17, 15) is 4.79 Å². The van der Waals surface area contributed by atoms with Gasteiger partial charge in [0, 0.05) is 45.4 Å². The Morgan fingerprint density at radius 1 is 0.850 bits per heavy atom. The van der Waals surface area contributed by atoms with Crippen LogP contribution in [0.1, 0.15) is 112 Å². The normalized spacial score (nSPS) is 29.8. The van der Waals surface area contributed by atoms with E-state index in [0.717, 1.165) is 82.7 Å². The molecule has 40 heavy (non-hydrogen) atoms. The number of piperidine rings is 2. The molecule has 4 rings (SSSR count). The van der Waals surface area contributed by atoms with Gasteiger partial charge in [-0.25, -0.2) is 0 Å². The Morgan fingerprint density at radius 2 is 1.45 bits per heavy atom. The molecule has 2 heterocycles. The Bertz CT molecular complexity index is 745. The van der Waals surface area contributed by atoms with Gasteiger partial charge in [0.15, 0.2) is 0 Å². The SMILES string of the molecule is COC1CC(C(=O)N2CCC(CCOC(C)(C)CC(C)CC3CC(N4CCC(CCOC(C)C)CC4)C3)CC2)C1. The van der Waals surface area contributed by atoms with Crippen molar-refractivity contribution in [1.29, 1.82) is 0 Å². The van der Waals surface area contributed by atoms with Gasteiger partial charge in [0.2, 0.25) is 5.91 Å². The van der Waals surface area contributed by atoms with Crippen LogP contribution in [0.2, 0.25) is 0 Å². The smallest absolute Gasteiger partial charge is 0.225 e. The highest BCUT2D eigenvalue weighted by atomic mass is 16.5. The Hall–Kier alpha value is -0.690. The molecule has 0 aromatic heterocycles. The molecule has 232 valence electrons. The minimum absolute atomic E-state index is 0.0531. The first-order valence-electron chi connectivity index (χ1n) is 16.9. The number of hydrogen-bond donors (Lipinski definition) is 0. The molecule has 1 atom stereocenters. The summed E-state index contributed by atoms with van der Waals surface area (Å²) in [5.74, 6) is 3.74. The lowest BCUT2D eigenvalue weighted by molar-refractivity contribution is -0.145. The molecular weight excluding hydrogens is 500 g/mol. The lowest BCUT2D eigenvalue weighted by Gasteiger charge is -2.47. The maximum atomic E-state index is 12.7. The Balaban J connectivity index is 1.03. The van der Waals surface area contributed by atoms with E-state index >= 15 is 0 Å². The standard InChI is InChI=1S/C34H62N2O4/c1-25(2)39-17-11-27-7-13-35(14-8-27)31-20-29(21-31)19-26(3)24-34(4,5)40-18-12-28-9-15-36(16-10-28)33(37)30-22-32(23-30)38-6/h25-32H,7-24H2,1-6H3. The first-order chi connectivity index (χ1) is 19.1. The van der Waals surface area contributed by atoms with Crippen LogP contribution in [0.25, 0.3) is 0 Å². The van der Waals surface area contributed by atoms with Crippen molar-refractivity contribution in [3.05, 3.63) is 0 Å². The van der Waals surface area contributed by atoms with Crippen LogP contribution in [0, 0.1) is 29.6 Å². The van der Waals surface area contributed by atoms with Crippen LogP contribution in [0.4, 0.5) is 0 Å². The summed E-state index contributed by atoms with van der Waals surface area (Å²) in [7, 11) is 1.75. The second-order valence-corrected chi connectivity index (χ2v) is 14.9. The topological polar surface area (TPSA) is 51.2 Å². The summed E-state index contributed by atoms with van der Waals surface area (Å²) in [5.41, 5.74) is -0.0531. The van der Waals surface area contributed by atoms with E-state index < -0.39 is 0 Å². The molecular formula is C34H62N2O4. The molecule has 6 nitrogen and oxygen atoms in total. The third-order valence-electron chi connectivity index (χ3n) is 10.7. The molecule has 0 bridgehead atoms. The van der Waals surface area contributed by atoms with E-state index in [1.54, 1.807) is 7.11 Å². The number of rotatable bonds is 15. The fraction of sp³-hybridized carbons (Fsp3) is 0.971. The van der Waals surface area contributed by atoms with Gasteiger partial charge < -0.3 is 24.0 Å². The zero-order valence-corrected chi connectivity index (χ0v) is 26.9. The first-order valence-corrected chi connectivity index (χ1v) is 16.9. The highest BCUT2D eigenvalue weighted by Crippen LogP contribution is 2.40. The van der Waals surface area contributed by atoms with E-state index in [2.05, 4.69) is 44.4 Å². The van der Waals surface area contributed by atoms with E-state index in [4.69, 9.17) is 14.2 Å². The highest BCUT2D eigenvalue weighted by Gasteiger charge is 2.38. The van der Waals surface area contributed by atoms with Crippen molar-refractivity contribution >= 4 is 5.91 Å². The molecule has 0 N–H and O–H groups in total. The minimum atomic E-state index is -0.0531. The highest BCUT2D eigenvalue weighted by molar-refractivity contribution is 5.80. The maximum Gasteiger partial charge on any atom is 0.225 e. The summed E-state index contributed by atoms with van der Waals surface area (Å²) in [6, 6.07) is 0.840. The lowest BCUT2D eigenvalue weighted by Crippen LogP contribution is -2.48. The van der Waals surface area contributed by atoms with Crippen molar-refractivity contribution < 1.29 is 19.0 Å². The van der Waals surface area contributed by atoms with Crippen molar-refractivity contribution in [2.45, 2.75) is 136 Å². The number of nitrogens with zero attached hydrogens (tertiary/aromatic N) is 2. The summed E-state index contributed by atoms with van der Waals surface area (Å²) in [6.45, 7) is 17.5. The van der Waals surface area contributed by atoms with Crippen LogP contribution in [-0.4, -0.2) is 86.1 Å². The first kappa shape index (κ1) is 32.2. The Kier molecular flexibility index (Phi) is 12.2. The fourth-order valence-electron chi connectivity index (χ4n) is 7.98. The molecule has 2 saturated carbocycles. The number of carbonyl (C=O) groups excluding carboxylic acids is 1. The molecule has 2 saturated heterocycles. The van der Waals surface area contributed by atoms with Crippen LogP contribution >= 0.6 is 0 Å². The van der Waals surface area contributed by atoms with E-state index in [0.29, 0.717) is 30.0 Å². The van der Waals surface area contributed by atoms with E-state index in [-0.39, 0.29) is 11.5 Å². The maximum absolute atomic E-state index is 12.7. The third-order valence-corrected chi connectivity index (χ3v) is 10.7. The molecule has 2 aliphatic heterocycles. The average Bonchev–Trinajstić information content (AvgIpc) is 2.85. The molecule has 2 aliphatic carbocycles. The number of amides is 1. The van der Waals surface area contributed by atoms with Crippen molar-refractivity contribution in [1.82, 2.24) is 9.80 Å². The van der Waals surface area contributed by atoms with Crippen molar-refractivity contribution in [3.8, 4) is 0 Å². The van der Waals surface area contributed by atoms with Crippen molar-refractivity contribution in [3.63, 3.8) is 0 Å². The molecule has 0 spiro atoms. The van der Waals surface area contributed by atoms with Gasteiger partial charge in [-0.05, 0) is 142 Å². The van der Waals surface area contributed by atoms with Crippen LogP contribution in [-0.2, 0) is 19.0 Å². The summed E-state index contributed by atoms with van der Waals surface area (Å²) < 4.78 is 17.6. The third kappa shape index (κ3) is 9.67. The number of carbonyl (C=O) groups is 1. The minimum Gasteiger partial charge on any atom is -0.381 e. The van der Waals surface area contributed by atoms with Crippen LogP contribution in [0.15, 0.2) is 0 Å². The Morgan fingerprint density at radius 3 is 2.05 bits per heavy atom. The molecule has 1 amide bonds. The second-order valence-electron chi connectivity index (χ2n) is 14.9. The molecule has 0 aromatic carbocycles. The molecule has 6 heteroatoms. The van der Waals surface area contributed by atoms with E-state index in [1.807, 2.05) is 0 Å². The van der Waals surface area contributed by atoms with Crippen molar-refractivity contribution in [2.24, 2.45) is 29.6 Å². The fourth-order valence-corrected chi connectivity index (χ4v) is 7.98. The van der Waals surface area contributed by atoms with Gasteiger partial charge in [0.25, 0.3) is 0 Å². The van der Waals surface area contributed by atoms with Gasteiger partial charge in [-0.3, -0.25) is 4.79 Å². The molecule has 0 aromatic rings. The largest absolute Gasteiger partial charge is 0.381 e. The van der Waals surface area contributed by atoms with Crippen molar-refractivity contribution in [2.75, 3.05) is 46.5 Å². The van der Waals surface area contributed by atoms with Gasteiger partial charge in [0.1, 0.15) is 0 Å². The monoisotopic (exact) mass is 562 g/mol. The van der Waals surface area contributed by atoms with Gasteiger partial charge in [0.05, 0.1) is 17.8 Å². The molecule has 4 fully saturated rings. The van der Waals surface area contributed by atoms with Gasteiger partial charge >= 0.3 is 0 Å². The molecule has 0 radical (unpaired) electrons. The summed E-state index contributed by atoms with van der Waals surface area (Å²) in [4.78, 5) is 17.6. The van der Waals surface area contributed by atoms with Crippen LogP contribution < -0.4 is 0 Å². The quantitative estimate of drug-likeness (QED) is 0.226. The Labute approximate surface area is 246 Å². The van der Waals surface area contributed by atoms with Gasteiger partial charge in [-0.1, -0.05) is 6.92 Å². The van der Waals surface area contributed by atoms with E-state index in [1.165, 1.54) is 51.6 Å². The zero-order valence-electron chi connectivity index (χ0n) is 26.9. The predicted molar refractivity (Wildman–Crippen MR) is 162 cm³/mol. The van der Waals surface area contributed by atoms with Crippen LogP contribution in [0.3, 0.4) is 0 Å². The average molecular weight is 563 g/mol. The van der Waals surface area contributed by atoms with Crippen LogP contribution in [0.5, 0.6) is 0 Å².